The second kappa shape index (κ2) is 5.38. The van der Waals surface area contributed by atoms with E-state index in [0.29, 0.717) is 16.7 Å². The standard InChI is InChI=1S/C14H14ClNO2/c1-9-3-4-12(15)13(5-9)18-14-7-11(8-17)6-10(2)16-14/h3-7,17H,8H2,1-2H3. The summed E-state index contributed by atoms with van der Waals surface area (Å²) in [4.78, 5) is 4.26. The van der Waals surface area contributed by atoms with Gasteiger partial charge in [0.2, 0.25) is 5.88 Å². The summed E-state index contributed by atoms with van der Waals surface area (Å²) in [5.41, 5.74) is 2.62. The van der Waals surface area contributed by atoms with Gasteiger partial charge in [-0.3, -0.25) is 0 Å². The summed E-state index contributed by atoms with van der Waals surface area (Å²) >= 11 is 6.06. The first kappa shape index (κ1) is 12.9. The van der Waals surface area contributed by atoms with Gasteiger partial charge in [0.25, 0.3) is 0 Å². The Labute approximate surface area is 111 Å². The summed E-state index contributed by atoms with van der Waals surface area (Å²) in [6.07, 6.45) is 0. The number of hydrogen-bond acceptors (Lipinski definition) is 3. The fourth-order valence-electron chi connectivity index (χ4n) is 1.65. The summed E-state index contributed by atoms with van der Waals surface area (Å²) < 4.78 is 5.66. The molecule has 0 atom stereocenters. The Morgan fingerprint density at radius 1 is 1.22 bits per heavy atom. The molecule has 1 N–H and O–H groups in total. The molecule has 0 bridgehead atoms. The minimum Gasteiger partial charge on any atom is -0.437 e. The number of rotatable bonds is 3. The van der Waals surface area contributed by atoms with Crippen molar-refractivity contribution in [3.05, 3.63) is 52.2 Å². The van der Waals surface area contributed by atoms with Crippen molar-refractivity contribution in [2.24, 2.45) is 0 Å². The van der Waals surface area contributed by atoms with E-state index in [9.17, 15) is 0 Å². The van der Waals surface area contributed by atoms with Gasteiger partial charge in [-0.05, 0) is 43.2 Å². The summed E-state index contributed by atoms with van der Waals surface area (Å²) in [6, 6.07) is 9.06. The fourth-order valence-corrected chi connectivity index (χ4v) is 1.81. The molecule has 1 heterocycles. The molecule has 0 aliphatic heterocycles. The van der Waals surface area contributed by atoms with Crippen LogP contribution in [0.25, 0.3) is 0 Å². The molecule has 0 saturated heterocycles. The van der Waals surface area contributed by atoms with Crippen LogP contribution in [0.3, 0.4) is 0 Å². The van der Waals surface area contributed by atoms with E-state index in [1.165, 1.54) is 0 Å². The predicted molar refractivity (Wildman–Crippen MR) is 71.2 cm³/mol. The van der Waals surface area contributed by atoms with Gasteiger partial charge in [-0.1, -0.05) is 17.7 Å². The number of halogens is 1. The Balaban J connectivity index is 2.33. The van der Waals surface area contributed by atoms with E-state index in [2.05, 4.69) is 4.98 Å². The molecule has 0 unspecified atom stereocenters. The Hall–Kier alpha value is -1.58. The summed E-state index contributed by atoms with van der Waals surface area (Å²) in [5, 5.41) is 9.68. The summed E-state index contributed by atoms with van der Waals surface area (Å²) in [7, 11) is 0. The van der Waals surface area contributed by atoms with Crippen molar-refractivity contribution in [1.82, 2.24) is 4.98 Å². The molecule has 94 valence electrons. The van der Waals surface area contributed by atoms with E-state index in [-0.39, 0.29) is 6.61 Å². The molecular formula is C14H14ClNO2. The number of aliphatic hydroxyl groups is 1. The average Bonchev–Trinajstić information content (AvgIpc) is 2.33. The zero-order valence-corrected chi connectivity index (χ0v) is 11.0. The van der Waals surface area contributed by atoms with Crippen LogP contribution in [0.2, 0.25) is 5.02 Å². The minimum absolute atomic E-state index is 0.0404. The SMILES string of the molecule is Cc1ccc(Cl)c(Oc2cc(CO)cc(C)n2)c1. The molecule has 18 heavy (non-hydrogen) atoms. The van der Waals surface area contributed by atoms with Crippen LogP contribution in [0.1, 0.15) is 16.8 Å². The molecule has 0 amide bonds. The number of hydrogen-bond donors (Lipinski definition) is 1. The third-order valence-corrected chi connectivity index (χ3v) is 2.79. The maximum atomic E-state index is 9.14. The third kappa shape index (κ3) is 3.00. The lowest BCUT2D eigenvalue weighted by Gasteiger charge is -2.09. The topological polar surface area (TPSA) is 42.4 Å². The number of ether oxygens (including phenoxy) is 1. The molecule has 1 aromatic carbocycles. The molecule has 0 radical (unpaired) electrons. The number of aromatic nitrogens is 1. The van der Waals surface area contributed by atoms with Gasteiger partial charge >= 0.3 is 0 Å². The molecule has 0 spiro atoms. The molecular weight excluding hydrogens is 250 g/mol. The highest BCUT2D eigenvalue weighted by Gasteiger charge is 2.06. The van der Waals surface area contributed by atoms with Gasteiger partial charge in [0, 0.05) is 11.8 Å². The maximum Gasteiger partial charge on any atom is 0.219 e. The van der Waals surface area contributed by atoms with Gasteiger partial charge in [-0.15, -0.1) is 0 Å². The lowest BCUT2D eigenvalue weighted by Crippen LogP contribution is -1.94. The number of nitrogens with zero attached hydrogens (tertiary/aromatic N) is 1. The number of aryl methyl sites for hydroxylation is 2. The largest absolute Gasteiger partial charge is 0.437 e. The van der Waals surface area contributed by atoms with Crippen molar-refractivity contribution in [2.45, 2.75) is 20.5 Å². The average molecular weight is 264 g/mol. The normalized spacial score (nSPS) is 10.4. The lowest BCUT2D eigenvalue weighted by molar-refractivity contribution is 0.281. The highest BCUT2D eigenvalue weighted by Crippen LogP contribution is 2.29. The first-order valence-electron chi connectivity index (χ1n) is 5.61. The lowest BCUT2D eigenvalue weighted by atomic mass is 10.2. The van der Waals surface area contributed by atoms with Gasteiger partial charge in [0.15, 0.2) is 0 Å². The van der Waals surface area contributed by atoms with E-state index in [1.807, 2.05) is 32.0 Å². The van der Waals surface area contributed by atoms with Crippen LogP contribution in [0.4, 0.5) is 0 Å². The van der Waals surface area contributed by atoms with E-state index in [1.54, 1.807) is 12.1 Å². The van der Waals surface area contributed by atoms with Gasteiger partial charge in [0.05, 0.1) is 11.6 Å². The number of pyridine rings is 1. The second-order valence-corrected chi connectivity index (χ2v) is 4.56. The fraction of sp³-hybridized carbons (Fsp3) is 0.214. The van der Waals surface area contributed by atoms with Crippen molar-refractivity contribution in [3.63, 3.8) is 0 Å². The quantitative estimate of drug-likeness (QED) is 0.919. The first-order valence-corrected chi connectivity index (χ1v) is 5.98. The highest BCUT2D eigenvalue weighted by molar-refractivity contribution is 6.32. The molecule has 0 aliphatic carbocycles. The van der Waals surface area contributed by atoms with E-state index in [4.69, 9.17) is 21.4 Å². The second-order valence-electron chi connectivity index (χ2n) is 4.15. The van der Waals surface area contributed by atoms with Crippen LogP contribution < -0.4 is 4.74 Å². The van der Waals surface area contributed by atoms with Crippen LogP contribution in [-0.4, -0.2) is 10.1 Å². The minimum atomic E-state index is -0.0404. The van der Waals surface area contributed by atoms with Crippen molar-refractivity contribution < 1.29 is 9.84 Å². The van der Waals surface area contributed by atoms with Crippen LogP contribution in [0.5, 0.6) is 11.6 Å². The molecule has 0 saturated carbocycles. The zero-order valence-electron chi connectivity index (χ0n) is 10.3. The molecule has 4 heteroatoms. The van der Waals surface area contributed by atoms with Crippen LogP contribution in [0.15, 0.2) is 30.3 Å². The van der Waals surface area contributed by atoms with E-state index in [0.717, 1.165) is 16.8 Å². The summed E-state index contributed by atoms with van der Waals surface area (Å²) in [5.74, 6) is 1.00. The smallest absolute Gasteiger partial charge is 0.219 e. The van der Waals surface area contributed by atoms with E-state index < -0.39 is 0 Å². The molecule has 1 aromatic heterocycles. The molecule has 0 aliphatic rings. The third-order valence-electron chi connectivity index (χ3n) is 2.47. The predicted octanol–water partition coefficient (Wildman–Crippen LogP) is 3.64. The van der Waals surface area contributed by atoms with E-state index >= 15 is 0 Å². The summed E-state index contributed by atoms with van der Waals surface area (Å²) in [6.45, 7) is 3.77. The Morgan fingerprint density at radius 2 is 2.00 bits per heavy atom. The Morgan fingerprint density at radius 3 is 2.72 bits per heavy atom. The van der Waals surface area contributed by atoms with Crippen molar-refractivity contribution in [1.29, 1.82) is 0 Å². The first-order chi connectivity index (χ1) is 8.58. The van der Waals surface area contributed by atoms with Crippen molar-refractivity contribution in [2.75, 3.05) is 0 Å². The molecule has 0 fully saturated rings. The van der Waals surface area contributed by atoms with Gasteiger partial charge in [-0.25, -0.2) is 4.98 Å². The van der Waals surface area contributed by atoms with Crippen LogP contribution in [-0.2, 0) is 6.61 Å². The molecule has 2 aromatic rings. The van der Waals surface area contributed by atoms with Crippen molar-refractivity contribution >= 4 is 11.6 Å². The Kier molecular flexibility index (Phi) is 3.84. The number of benzene rings is 1. The maximum absolute atomic E-state index is 9.14. The highest BCUT2D eigenvalue weighted by atomic mass is 35.5. The zero-order chi connectivity index (χ0) is 13.1. The van der Waals surface area contributed by atoms with Gasteiger partial charge < -0.3 is 9.84 Å². The monoisotopic (exact) mass is 263 g/mol. The Bertz CT molecular complexity index is 570. The molecule has 2 rings (SSSR count). The van der Waals surface area contributed by atoms with Crippen molar-refractivity contribution in [3.8, 4) is 11.6 Å². The van der Waals surface area contributed by atoms with Gasteiger partial charge in [0.1, 0.15) is 5.75 Å². The number of aliphatic hydroxyl groups excluding tert-OH is 1. The van der Waals surface area contributed by atoms with Crippen LogP contribution >= 0.6 is 11.6 Å². The van der Waals surface area contributed by atoms with Gasteiger partial charge in [-0.2, -0.15) is 0 Å². The van der Waals surface area contributed by atoms with Crippen LogP contribution in [0, 0.1) is 13.8 Å². The molecule has 3 nitrogen and oxygen atoms in total.